The number of carbonyl (C=O) groups is 1. The van der Waals surface area contributed by atoms with Gasteiger partial charge in [-0.1, -0.05) is 0 Å². The molecule has 0 fully saturated rings. The van der Waals surface area contributed by atoms with Crippen LogP contribution in [0.5, 0.6) is 5.75 Å². The molecule has 0 aliphatic heterocycles. The molecule has 1 N–H and O–H groups in total. The van der Waals surface area contributed by atoms with Crippen LogP contribution in [0, 0.1) is 6.92 Å². The Morgan fingerprint density at radius 1 is 1.40 bits per heavy atom. The number of pyridine rings is 1. The van der Waals surface area contributed by atoms with Gasteiger partial charge in [-0.3, -0.25) is 9.59 Å². The number of aromatic nitrogens is 1. The predicted molar refractivity (Wildman–Crippen MR) is 76.4 cm³/mol. The number of fused-ring (bicyclic) bond motifs is 1. The lowest BCUT2D eigenvalue weighted by Crippen LogP contribution is -2.23. The van der Waals surface area contributed by atoms with Crippen molar-refractivity contribution in [3.63, 3.8) is 0 Å². The smallest absolute Gasteiger partial charge is 0.303 e. The Morgan fingerprint density at radius 3 is 2.70 bits per heavy atom. The number of nitrogens with zero attached hydrogens (tertiary/aromatic N) is 1. The summed E-state index contributed by atoms with van der Waals surface area (Å²) < 4.78 is 6.76. The number of methoxy groups -OCH3 is 1. The van der Waals surface area contributed by atoms with Crippen molar-refractivity contribution in [3.05, 3.63) is 39.7 Å². The first-order valence-electron chi connectivity index (χ1n) is 6.33. The zero-order valence-corrected chi connectivity index (χ0v) is 11.8. The van der Waals surface area contributed by atoms with Crippen LogP contribution < -0.4 is 10.3 Å². The zero-order valence-electron chi connectivity index (χ0n) is 11.8. The Labute approximate surface area is 116 Å². The number of benzene rings is 1. The van der Waals surface area contributed by atoms with Crippen LogP contribution in [0.4, 0.5) is 0 Å². The Bertz CT molecular complexity index is 731. The minimum absolute atomic E-state index is 0.0500. The Kier molecular flexibility index (Phi) is 3.79. The second-order valence-corrected chi connectivity index (χ2v) is 4.74. The lowest BCUT2D eigenvalue weighted by Gasteiger charge is -2.13. The highest BCUT2D eigenvalue weighted by molar-refractivity contribution is 5.85. The van der Waals surface area contributed by atoms with Gasteiger partial charge in [-0.05, 0) is 37.1 Å². The van der Waals surface area contributed by atoms with E-state index in [2.05, 4.69) is 0 Å². The number of carboxylic acid groups (broad SMARTS) is 1. The quantitative estimate of drug-likeness (QED) is 0.925. The molecular weight excluding hydrogens is 258 g/mol. The summed E-state index contributed by atoms with van der Waals surface area (Å²) in [7, 11) is 3.28. The van der Waals surface area contributed by atoms with E-state index in [1.54, 1.807) is 24.8 Å². The first kappa shape index (κ1) is 14.1. The van der Waals surface area contributed by atoms with Gasteiger partial charge in [0.25, 0.3) is 5.56 Å². The molecule has 0 bridgehead atoms. The fraction of sp³-hybridized carbons (Fsp3) is 0.333. The number of aryl methyl sites for hydroxylation is 2. The van der Waals surface area contributed by atoms with Gasteiger partial charge in [-0.25, -0.2) is 0 Å². The van der Waals surface area contributed by atoms with E-state index in [1.807, 2.05) is 19.1 Å². The molecule has 2 aromatic rings. The molecule has 0 aliphatic rings. The molecule has 1 heterocycles. The normalized spacial score (nSPS) is 10.8. The first-order chi connectivity index (χ1) is 9.45. The zero-order chi connectivity index (χ0) is 14.9. The molecule has 0 unspecified atom stereocenters. The van der Waals surface area contributed by atoms with Crippen LogP contribution in [0.3, 0.4) is 0 Å². The average Bonchev–Trinajstić information content (AvgIpc) is 2.44. The van der Waals surface area contributed by atoms with Crippen LogP contribution >= 0.6 is 0 Å². The molecule has 20 heavy (non-hydrogen) atoms. The van der Waals surface area contributed by atoms with Crippen LogP contribution in [0.1, 0.15) is 17.5 Å². The molecule has 0 saturated heterocycles. The van der Waals surface area contributed by atoms with Gasteiger partial charge in [0, 0.05) is 24.4 Å². The molecule has 2 rings (SSSR count). The molecule has 106 valence electrons. The van der Waals surface area contributed by atoms with Gasteiger partial charge >= 0.3 is 5.97 Å². The van der Waals surface area contributed by atoms with Crippen molar-refractivity contribution in [1.29, 1.82) is 0 Å². The molecule has 0 saturated carbocycles. The van der Waals surface area contributed by atoms with E-state index in [4.69, 9.17) is 9.84 Å². The van der Waals surface area contributed by atoms with E-state index in [0.717, 1.165) is 16.5 Å². The van der Waals surface area contributed by atoms with Crippen molar-refractivity contribution in [3.8, 4) is 5.75 Å². The van der Waals surface area contributed by atoms with E-state index in [1.165, 1.54) is 0 Å². The van der Waals surface area contributed by atoms with Crippen molar-refractivity contribution >= 4 is 16.9 Å². The summed E-state index contributed by atoms with van der Waals surface area (Å²) in [5, 5.41) is 9.70. The number of aliphatic carboxylic acids is 1. The minimum atomic E-state index is -0.905. The number of ether oxygens (including phenoxy) is 1. The molecule has 0 spiro atoms. The van der Waals surface area contributed by atoms with Crippen molar-refractivity contribution < 1.29 is 14.6 Å². The third-order valence-corrected chi connectivity index (χ3v) is 3.57. The topological polar surface area (TPSA) is 68.5 Å². The second kappa shape index (κ2) is 5.36. The summed E-state index contributed by atoms with van der Waals surface area (Å²) in [6.07, 6.45) is 0.187. The Morgan fingerprint density at radius 2 is 2.10 bits per heavy atom. The third-order valence-electron chi connectivity index (χ3n) is 3.57. The fourth-order valence-corrected chi connectivity index (χ4v) is 2.40. The SMILES string of the molecule is COc1ccc2c(c1)c(C)c(CCC(=O)O)c(=O)n2C. The number of rotatable bonds is 4. The van der Waals surface area contributed by atoms with Gasteiger partial charge in [0.1, 0.15) is 5.75 Å². The van der Waals surface area contributed by atoms with E-state index >= 15 is 0 Å². The summed E-state index contributed by atoms with van der Waals surface area (Å²) in [4.78, 5) is 23.0. The summed E-state index contributed by atoms with van der Waals surface area (Å²) in [6.45, 7) is 1.85. The predicted octanol–water partition coefficient (Wildman–Crippen LogP) is 1.87. The molecule has 0 radical (unpaired) electrons. The maximum Gasteiger partial charge on any atom is 0.303 e. The van der Waals surface area contributed by atoms with Crippen LogP contribution in [-0.4, -0.2) is 22.8 Å². The van der Waals surface area contributed by atoms with Crippen LogP contribution in [0.25, 0.3) is 10.9 Å². The highest BCUT2D eigenvalue weighted by Gasteiger charge is 2.13. The summed E-state index contributed by atoms with van der Waals surface area (Å²) in [6, 6.07) is 5.51. The van der Waals surface area contributed by atoms with Crippen molar-refractivity contribution in [2.45, 2.75) is 19.8 Å². The average molecular weight is 275 g/mol. The second-order valence-electron chi connectivity index (χ2n) is 4.74. The van der Waals surface area contributed by atoms with E-state index < -0.39 is 5.97 Å². The lowest BCUT2D eigenvalue weighted by molar-refractivity contribution is -0.136. The van der Waals surface area contributed by atoms with E-state index in [0.29, 0.717) is 11.3 Å². The minimum Gasteiger partial charge on any atom is -0.497 e. The molecule has 5 nitrogen and oxygen atoms in total. The molecular formula is C15H17NO4. The maximum atomic E-state index is 12.3. The Hall–Kier alpha value is -2.30. The van der Waals surface area contributed by atoms with Gasteiger partial charge in [0.2, 0.25) is 0 Å². The van der Waals surface area contributed by atoms with E-state index in [-0.39, 0.29) is 18.4 Å². The van der Waals surface area contributed by atoms with Gasteiger partial charge in [0.15, 0.2) is 0 Å². The largest absolute Gasteiger partial charge is 0.497 e. The lowest BCUT2D eigenvalue weighted by atomic mass is 10.0. The number of hydrogen-bond donors (Lipinski definition) is 1. The maximum absolute atomic E-state index is 12.3. The highest BCUT2D eigenvalue weighted by Crippen LogP contribution is 2.24. The number of hydrogen-bond acceptors (Lipinski definition) is 3. The standard InChI is InChI=1S/C15H17NO4/c1-9-11(5-7-14(17)18)15(19)16(2)13-6-4-10(20-3)8-12(9)13/h4,6,8H,5,7H2,1-3H3,(H,17,18). The monoisotopic (exact) mass is 275 g/mol. The van der Waals surface area contributed by atoms with Gasteiger partial charge in [0.05, 0.1) is 12.6 Å². The molecule has 0 aliphatic carbocycles. The Balaban J connectivity index is 2.69. The molecule has 5 heteroatoms. The van der Waals surface area contributed by atoms with Crippen molar-refractivity contribution in [2.24, 2.45) is 7.05 Å². The van der Waals surface area contributed by atoms with Crippen molar-refractivity contribution in [1.82, 2.24) is 4.57 Å². The highest BCUT2D eigenvalue weighted by atomic mass is 16.5. The van der Waals surface area contributed by atoms with Gasteiger partial charge in [-0.15, -0.1) is 0 Å². The van der Waals surface area contributed by atoms with Gasteiger partial charge in [-0.2, -0.15) is 0 Å². The van der Waals surface area contributed by atoms with Gasteiger partial charge < -0.3 is 14.4 Å². The fourth-order valence-electron chi connectivity index (χ4n) is 2.40. The van der Waals surface area contributed by atoms with Crippen molar-refractivity contribution in [2.75, 3.05) is 7.11 Å². The van der Waals surface area contributed by atoms with E-state index in [9.17, 15) is 9.59 Å². The third kappa shape index (κ3) is 2.39. The van der Waals surface area contributed by atoms with Crippen LogP contribution in [-0.2, 0) is 18.3 Å². The summed E-state index contributed by atoms with van der Waals surface area (Å²) >= 11 is 0. The first-order valence-corrected chi connectivity index (χ1v) is 6.33. The molecule has 0 atom stereocenters. The molecule has 1 aromatic carbocycles. The van der Waals surface area contributed by atoms with Crippen LogP contribution in [0.2, 0.25) is 0 Å². The summed E-state index contributed by atoms with van der Waals surface area (Å²) in [5.74, 6) is -0.194. The van der Waals surface area contributed by atoms with Crippen LogP contribution in [0.15, 0.2) is 23.0 Å². The molecule has 0 amide bonds. The molecule has 1 aromatic heterocycles. The summed E-state index contributed by atoms with van der Waals surface area (Å²) in [5.41, 5.74) is 2.05. The number of carboxylic acids is 1.